The van der Waals surface area contributed by atoms with E-state index in [0.29, 0.717) is 31.4 Å². The standard InChI is InChI=1S/C22H34N6O3S/c1-2-12-27-20-10-9-18(17-19(20)24-25-27)32(30,31)28-15-7-8-21(28)22(29)23-11-16-26-13-5-3-4-6-14-26/h9-10,17,21H,2-8,11-16H2,1H3,(H,23,29). The van der Waals surface area contributed by atoms with Crippen molar-refractivity contribution in [1.29, 1.82) is 0 Å². The maximum atomic E-state index is 13.4. The predicted molar refractivity (Wildman–Crippen MR) is 123 cm³/mol. The summed E-state index contributed by atoms with van der Waals surface area (Å²) in [7, 11) is -3.79. The van der Waals surface area contributed by atoms with Crippen molar-refractivity contribution in [3.05, 3.63) is 18.2 Å². The van der Waals surface area contributed by atoms with Crippen molar-refractivity contribution < 1.29 is 13.2 Å². The number of amides is 1. The number of carbonyl (C=O) groups excluding carboxylic acids is 1. The number of likely N-dealkylation sites (tertiary alicyclic amines) is 1. The molecule has 3 heterocycles. The van der Waals surface area contributed by atoms with Crippen LogP contribution in [0.1, 0.15) is 51.9 Å². The Hall–Kier alpha value is -2.04. The molecule has 32 heavy (non-hydrogen) atoms. The third-order valence-corrected chi connectivity index (χ3v) is 8.36. The highest BCUT2D eigenvalue weighted by molar-refractivity contribution is 7.89. The molecule has 9 nitrogen and oxygen atoms in total. The van der Waals surface area contributed by atoms with Gasteiger partial charge in [0.1, 0.15) is 11.6 Å². The van der Waals surface area contributed by atoms with E-state index in [9.17, 15) is 13.2 Å². The summed E-state index contributed by atoms with van der Waals surface area (Å²) in [5.74, 6) is -0.198. The maximum Gasteiger partial charge on any atom is 0.243 e. The molecular weight excluding hydrogens is 428 g/mol. The molecular formula is C22H34N6O3S. The van der Waals surface area contributed by atoms with Crippen LogP contribution in [0.5, 0.6) is 0 Å². The Balaban J connectivity index is 1.42. The summed E-state index contributed by atoms with van der Waals surface area (Å²) in [5, 5.41) is 11.2. The number of nitrogens with zero attached hydrogens (tertiary/aromatic N) is 5. The molecule has 2 saturated heterocycles. The number of sulfonamides is 1. The van der Waals surface area contributed by atoms with Gasteiger partial charge in [0.05, 0.1) is 10.4 Å². The molecule has 2 aromatic rings. The minimum atomic E-state index is -3.79. The molecule has 0 saturated carbocycles. The Kier molecular flexibility index (Phi) is 7.42. The van der Waals surface area contributed by atoms with Gasteiger partial charge in [0.15, 0.2) is 0 Å². The summed E-state index contributed by atoms with van der Waals surface area (Å²) in [6, 6.07) is 4.26. The predicted octanol–water partition coefficient (Wildman–Crippen LogP) is 1.99. The minimum absolute atomic E-state index is 0.165. The zero-order valence-corrected chi connectivity index (χ0v) is 19.7. The van der Waals surface area contributed by atoms with E-state index < -0.39 is 16.1 Å². The van der Waals surface area contributed by atoms with Crippen molar-refractivity contribution in [3.8, 4) is 0 Å². The molecule has 1 N–H and O–H groups in total. The topological polar surface area (TPSA) is 100 Å². The summed E-state index contributed by atoms with van der Waals surface area (Å²) in [6.07, 6.45) is 7.11. The monoisotopic (exact) mass is 462 g/mol. The van der Waals surface area contributed by atoms with Crippen LogP contribution in [-0.4, -0.2) is 77.3 Å². The molecule has 10 heteroatoms. The molecule has 1 amide bonds. The lowest BCUT2D eigenvalue weighted by Gasteiger charge is -2.24. The molecule has 2 aliphatic rings. The van der Waals surface area contributed by atoms with Crippen LogP contribution in [0.3, 0.4) is 0 Å². The molecule has 1 atom stereocenters. The lowest BCUT2D eigenvalue weighted by atomic mass is 10.2. The van der Waals surface area contributed by atoms with Gasteiger partial charge in [-0.3, -0.25) is 4.79 Å². The van der Waals surface area contributed by atoms with Gasteiger partial charge in [-0.25, -0.2) is 13.1 Å². The van der Waals surface area contributed by atoms with E-state index in [4.69, 9.17) is 0 Å². The summed E-state index contributed by atoms with van der Waals surface area (Å²) in [4.78, 5) is 15.4. The van der Waals surface area contributed by atoms with Crippen molar-refractivity contribution in [2.24, 2.45) is 0 Å². The SMILES string of the molecule is CCCn1nnc2cc(S(=O)(=O)N3CCCC3C(=O)NCCN3CCCCCC3)ccc21. The molecule has 0 radical (unpaired) electrons. The average Bonchev–Trinajstić information content (AvgIpc) is 3.36. The van der Waals surface area contributed by atoms with Crippen molar-refractivity contribution in [3.63, 3.8) is 0 Å². The second kappa shape index (κ2) is 10.3. The molecule has 0 spiro atoms. The molecule has 176 valence electrons. The highest BCUT2D eigenvalue weighted by Crippen LogP contribution is 2.28. The van der Waals surface area contributed by atoms with E-state index in [1.165, 1.54) is 30.0 Å². The number of aryl methyl sites for hydroxylation is 1. The fourth-order valence-electron chi connectivity index (χ4n) is 4.73. The van der Waals surface area contributed by atoms with E-state index in [2.05, 4.69) is 27.5 Å². The van der Waals surface area contributed by atoms with Crippen LogP contribution in [0.15, 0.2) is 23.1 Å². The molecule has 4 rings (SSSR count). The quantitative estimate of drug-likeness (QED) is 0.644. The first-order valence-corrected chi connectivity index (χ1v) is 13.3. The third kappa shape index (κ3) is 4.97. The van der Waals surface area contributed by atoms with Crippen molar-refractivity contribution in [1.82, 2.24) is 29.5 Å². The Labute approximate surface area is 190 Å². The van der Waals surface area contributed by atoms with Crippen LogP contribution < -0.4 is 5.32 Å². The minimum Gasteiger partial charge on any atom is -0.353 e. The van der Waals surface area contributed by atoms with Crippen LogP contribution in [-0.2, 0) is 21.4 Å². The molecule has 1 unspecified atom stereocenters. The number of rotatable bonds is 8. The third-order valence-electron chi connectivity index (χ3n) is 6.46. The first kappa shape index (κ1) is 23.1. The fraction of sp³-hybridized carbons (Fsp3) is 0.682. The second-order valence-corrected chi connectivity index (χ2v) is 10.7. The lowest BCUT2D eigenvalue weighted by Crippen LogP contribution is -2.47. The van der Waals surface area contributed by atoms with E-state index in [1.807, 2.05) is 0 Å². The summed E-state index contributed by atoms with van der Waals surface area (Å²) < 4.78 is 29.9. The Bertz CT molecular complexity index is 1030. The number of fused-ring (bicyclic) bond motifs is 1. The maximum absolute atomic E-state index is 13.4. The Morgan fingerprint density at radius 1 is 1.09 bits per heavy atom. The fourth-order valence-corrected chi connectivity index (χ4v) is 6.41. The van der Waals surface area contributed by atoms with E-state index in [0.717, 1.165) is 38.1 Å². The average molecular weight is 463 g/mol. The van der Waals surface area contributed by atoms with Gasteiger partial charge in [0.25, 0.3) is 0 Å². The second-order valence-electron chi connectivity index (χ2n) is 8.78. The molecule has 0 aliphatic carbocycles. The summed E-state index contributed by atoms with van der Waals surface area (Å²) in [6.45, 7) is 6.65. The van der Waals surface area contributed by atoms with E-state index in [1.54, 1.807) is 22.9 Å². The Morgan fingerprint density at radius 3 is 2.62 bits per heavy atom. The van der Waals surface area contributed by atoms with Gasteiger partial charge in [0, 0.05) is 26.2 Å². The largest absolute Gasteiger partial charge is 0.353 e. The number of benzene rings is 1. The molecule has 1 aromatic heterocycles. The highest BCUT2D eigenvalue weighted by Gasteiger charge is 2.39. The molecule has 2 fully saturated rings. The number of hydrogen-bond acceptors (Lipinski definition) is 6. The molecule has 0 bridgehead atoms. The van der Waals surface area contributed by atoms with Gasteiger partial charge in [-0.1, -0.05) is 25.0 Å². The van der Waals surface area contributed by atoms with Gasteiger partial charge in [-0.15, -0.1) is 5.10 Å². The van der Waals surface area contributed by atoms with Gasteiger partial charge < -0.3 is 10.2 Å². The van der Waals surface area contributed by atoms with Crippen LogP contribution >= 0.6 is 0 Å². The van der Waals surface area contributed by atoms with Gasteiger partial charge >= 0.3 is 0 Å². The van der Waals surface area contributed by atoms with Crippen LogP contribution in [0, 0.1) is 0 Å². The smallest absolute Gasteiger partial charge is 0.243 e. The summed E-state index contributed by atoms with van der Waals surface area (Å²) in [5.41, 5.74) is 1.37. The van der Waals surface area contributed by atoms with E-state index >= 15 is 0 Å². The van der Waals surface area contributed by atoms with Gasteiger partial charge in [-0.05, 0) is 63.4 Å². The molecule has 2 aliphatic heterocycles. The van der Waals surface area contributed by atoms with Crippen LogP contribution in [0.2, 0.25) is 0 Å². The number of hydrogen-bond donors (Lipinski definition) is 1. The number of aromatic nitrogens is 3. The van der Waals surface area contributed by atoms with Crippen LogP contribution in [0.25, 0.3) is 11.0 Å². The zero-order valence-electron chi connectivity index (χ0n) is 18.9. The van der Waals surface area contributed by atoms with Crippen molar-refractivity contribution in [2.75, 3.05) is 32.7 Å². The first-order chi connectivity index (χ1) is 15.5. The highest BCUT2D eigenvalue weighted by atomic mass is 32.2. The first-order valence-electron chi connectivity index (χ1n) is 11.9. The number of nitrogens with one attached hydrogen (secondary N) is 1. The van der Waals surface area contributed by atoms with Gasteiger partial charge in [-0.2, -0.15) is 4.31 Å². The number of carbonyl (C=O) groups is 1. The Morgan fingerprint density at radius 2 is 1.88 bits per heavy atom. The summed E-state index contributed by atoms with van der Waals surface area (Å²) >= 11 is 0. The van der Waals surface area contributed by atoms with E-state index in [-0.39, 0.29) is 10.8 Å². The molecule has 1 aromatic carbocycles. The zero-order chi connectivity index (χ0) is 22.6. The van der Waals surface area contributed by atoms with Crippen molar-refractivity contribution >= 4 is 27.0 Å². The van der Waals surface area contributed by atoms with Gasteiger partial charge in [0.2, 0.25) is 15.9 Å². The van der Waals surface area contributed by atoms with Crippen LogP contribution in [0.4, 0.5) is 0 Å². The van der Waals surface area contributed by atoms with Crippen molar-refractivity contribution in [2.45, 2.75) is 69.4 Å². The lowest BCUT2D eigenvalue weighted by molar-refractivity contribution is -0.124. The normalized spacial score (nSPS) is 21.1.